The van der Waals surface area contributed by atoms with Crippen molar-refractivity contribution >= 4 is 17.3 Å². The van der Waals surface area contributed by atoms with E-state index in [1.807, 2.05) is 12.1 Å². The lowest BCUT2D eigenvalue weighted by Gasteiger charge is -2.40. The maximum Gasteiger partial charge on any atom is 0.0981 e. The molecule has 1 fully saturated rings. The predicted molar refractivity (Wildman–Crippen MR) is 87.1 cm³/mol. The molecule has 0 radical (unpaired) electrons. The number of aliphatic hydroxyl groups excluding tert-OH is 1. The van der Waals surface area contributed by atoms with Crippen LogP contribution in [0.4, 0.5) is 5.69 Å². The third-order valence-electron chi connectivity index (χ3n) is 3.81. The number of benzene rings is 1. The Morgan fingerprint density at radius 2 is 2.29 bits per heavy atom. The van der Waals surface area contributed by atoms with E-state index in [1.54, 1.807) is 0 Å². The van der Waals surface area contributed by atoms with E-state index in [-0.39, 0.29) is 18.8 Å². The van der Waals surface area contributed by atoms with Gasteiger partial charge in [-0.05, 0) is 37.6 Å². The van der Waals surface area contributed by atoms with Crippen LogP contribution in [0.2, 0.25) is 5.02 Å². The number of nitrogens with zero attached hydrogens (tertiary/aromatic N) is 1. The van der Waals surface area contributed by atoms with Crippen LogP contribution in [-0.2, 0) is 11.3 Å². The summed E-state index contributed by atoms with van der Waals surface area (Å²) in [4.78, 5) is 2.29. The molecule has 1 heterocycles. The minimum Gasteiger partial charge on any atom is -0.394 e. The second-order valence-electron chi connectivity index (χ2n) is 5.59. The molecule has 118 valence electrons. The Bertz CT molecular complexity index is 456. The van der Waals surface area contributed by atoms with E-state index < -0.39 is 0 Å². The largest absolute Gasteiger partial charge is 0.394 e. The van der Waals surface area contributed by atoms with Crippen LogP contribution in [-0.4, -0.2) is 43.6 Å². The van der Waals surface area contributed by atoms with Gasteiger partial charge in [0.25, 0.3) is 0 Å². The molecular formula is C16H25ClN2O2. The van der Waals surface area contributed by atoms with E-state index in [0.717, 1.165) is 30.2 Å². The Morgan fingerprint density at radius 3 is 3.00 bits per heavy atom. The average molecular weight is 313 g/mol. The molecule has 1 aromatic carbocycles. The molecule has 2 unspecified atom stereocenters. The highest BCUT2D eigenvalue weighted by molar-refractivity contribution is 6.30. The maximum absolute atomic E-state index is 9.35. The molecule has 2 rings (SSSR count). The van der Waals surface area contributed by atoms with Gasteiger partial charge in [0, 0.05) is 29.8 Å². The van der Waals surface area contributed by atoms with Gasteiger partial charge in [-0.2, -0.15) is 0 Å². The number of hydrogen-bond acceptors (Lipinski definition) is 4. The molecule has 0 saturated carbocycles. The van der Waals surface area contributed by atoms with E-state index in [0.29, 0.717) is 13.2 Å². The Labute approximate surface area is 132 Å². The normalized spacial score (nSPS) is 22.6. The smallest absolute Gasteiger partial charge is 0.0981 e. The van der Waals surface area contributed by atoms with Crippen molar-refractivity contribution in [3.8, 4) is 0 Å². The van der Waals surface area contributed by atoms with Crippen LogP contribution in [0.3, 0.4) is 0 Å². The fourth-order valence-electron chi connectivity index (χ4n) is 2.62. The number of ether oxygens (including phenoxy) is 1. The van der Waals surface area contributed by atoms with Crippen molar-refractivity contribution in [2.24, 2.45) is 0 Å². The van der Waals surface area contributed by atoms with Gasteiger partial charge in [-0.15, -0.1) is 0 Å². The second-order valence-corrected chi connectivity index (χ2v) is 6.03. The molecule has 4 nitrogen and oxygen atoms in total. The first kappa shape index (κ1) is 16.6. The zero-order chi connectivity index (χ0) is 15.2. The van der Waals surface area contributed by atoms with E-state index in [1.165, 1.54) is 5.56 Å². The summed E-state index contributed by atoms with van der Waals surface area (Å²) < 4.78 is 5.62. The van der Waals surface area contributed by atoms with Crippen molar-refractivity contribution in [1.82, 2.24) is 5.32 Å². The van der Waals surface area contributed by atoms with Gasteiger partial charge < -0.3 is 20.1 Å². The molecule has 1 aliphatic heterocycles. The molecular weight excluding hydrogens is 288 g/mol. The third kappa shape index (κ3) is 4.33. The van der Waals surface area contributed by atoms with Gasteiger partial charge in [-0.3, -0.25) is 0 Å². The predicted octanol–water partition coefficient (Wildman–Crippen LogP) is 2.43. The van der Waals surface area contributed by atoms with Gasteiger partial charge in [0.1, 0.15) is 0 Å². The number of halogens is 1. The standard InChI is InChI=1S/C16H25ClN2O2/c1-3-6-18-8-13-4-5-14(17)7-16(13)19-9-15(10-20)21-11-12(19)2/h4-5,7,12,15,18,20H,3,6,8-11H2,1-2H3. The van der Waals surface area contributed by atoms with Crippen molar-refractivity contribution in [2.75, 3.05) is 31.2 Å². The fraction of sp³-hybridized carbons (Fsp3) is 0.625. The highest BCUT2D eigenvalue weighted by Gasteiger charge is 2.27. The summed E-state index contributed by atoms with van der Waals surface area (Å²) in [6.07, 6.45) is 0.986. The lowest BCUT2D eigenvalue weighted by atomic mass is 10.1. The summed E-state index contributed by atoms with van der Waals surface area (Å²) in [5.74, 6) is 0. The van der Waals surface area contributed by atoms with Gasteiger partial charge in [-0.1, -0.05) is 24.6 Å². The minimum absolute atomic E-state index is 0.0488. The topological polar surface area (TPSA) is 44.7 Å². The van der Waals surface area contributed by atoms with E-state index in [4.69, 9.17) is 16.3 Å². The summed E-state index contributed by atoms with van der Waals surface area (Å²) >= 11 is 6.19. The lowest BCUT2D eigenvalue weighted by Crippen LogP contribution is -2.50. The van der Waals surface area contributed by atoms with Crippen LogP contribution in [0.1, 0.15) is 25.8 Å². The zero-order valence-corrected chi connectivity index (χ0v) is 13.6. The van der Waals surface area contributed by atoms with Crippen LogP contribution in [0.15, 0.2) is 18.2 Å². The van der Waals surface area contributed by atoms with Gasteiger partial charge in [0.2, 0.25) is 0 Å². The van der Waals surface area contributed by atoms with Gasteiger partial charge in [-0.25, -0.2) is 0 Å². The first-order valence-corrected chi connectivity index (χ1v) is 8.01. The number of nitrogens with one attached hydrogen (secondary N) is 1. The van der Waals surface area contributed by atoms with Crippen LogP contribution < -0.4 is 10.2 Å². The highest BCUT2D eigenvalue weighted by Crippen LogP contribution is 2.29. The molecule has 1 saturated heterocycles. The molecule has 1 aromatic rings. The molecule has 1 aliphatic rings. The molecule has 2 N–H and O–H groups in total. The Balaban J connectivity index is 2.20. The lowest BCUT2D eigenvalue weighted by molar-refractivity contribution is -0.0103. The van der Waals surface area contributed by atoms with Crippen LogP contribution in [0, 0.1) is 0 Å². The molecule has 21 heavy (non-hydrogen) atoms. The third-order valence-corrected chi connectivity index (χ3v) is 4.04. The van der Waals surface area contributed by atoms with Crippen molar-refractivity contribution < 1.29 is 9.84 Å². The summed E-state index contributed by atoms with van der Waals surface area (Å²) in [6, 6.07) is 6.30. The quantitative estimate of drug-likeness (QED) is 0.792. The average Bonchev–Trinajstić information content (AvgIpc) is 2.49. The number of aliphatic hydroxyl groups is 1. The monoisotopic (exact) mass is 312 g/mol. The number of anilines is 1. The van der Waals surface area contributed by atoms with Crippen LogP contribution in [0.25, 0.3) is 0 Å². The molecule has 0 amide bonds. The molecule has 0 aliphatic carbocycles. The van der Waals surface area contributed by atoms with E-state index >= 15 is 0 Å². The summed E-state index contributed by atoms with van der Waals surface area (Å²) in [5, 5.41) is 13.5. The van der Waals surface area contributed by atoms with Crippen LogP contribution in [0.5, 0.6) is 0 Å². The van der Waals surface area contributed by atoms with Crippen molar-refractivity contribution in [3.63, 3.8) is 0 Å². The SMILES string of the molecule is CCCNCc1ccc(Cl)cc1N1CC(CO)OCC1C. The maximum atomic E-state index is 9.35. The van der Waals surface area contributed by atoms with E-state index in [9.17, 15) is 5.11 Å². The van der Waals surface area contributed by atoms with Crippen LogP contribution >= 0.6 is 11.6 Å². The number of rotatable bonds is 6. The van der Waals surface area contributed by atoms with Gasteiger partial charge in [0.05, 0.1) is 19.3 Å². The molecule has 5 heteroatoms. The van der Waals surface area contributed by atoms with Crippen molar-refractivity contribution in [3.05, 3.63) is 28.8 Å². The molecule has 2 atom stereocenters. The zero-order valence-electron chi connectivity index (χ0n) is 12.8. The molecule has 0 bridgehead atoms. The molecule has 0 aromatic heterocycles. The number of hydrogen-bond donors (Lipinski definition) is 2. The first-order valence-electron chi connectivity index (χ1n) is 7.64. The molecule has 0 spiro atoms. The van der Waals surface area contributed by atoms with E-state index in [2.05, 4.69) is 30.1 Å². The van der Waals surface area contributed by atoms with Crippen molar-refractivity contribution in [2.45, 2.75) is 39.0 Å². The van der Waals surface area contributed by atoms with Crippen molar-refractivity contribution in [1.29, 1.82) is 0 Å². The summed E-state index contributed by atoms with van der Waals surface area (Å²) in [6.45, 7) is 7.49. The number of morpholine rings is 1. The Kier molecular flexibility index (Phi) is 6.30. The summed E-state index contributed by atoms with van der Waals surface area (Å²) in [7, 11) is 0. The first-order chi connectivity index (χ1) is 10.2. The van der Waals surface area contributed by atoms with Gasteiger partial charge in [0.15, 0.2) is 0 Å². The van der Waals surface area contributed by atoms with Gasteiger partial charge >= 0.3 is 0 Å². The second kappa shape index (κ2) is 7.99. The highest BCUT2D eigenvalue weighted by atomic mass is 35.5. The Hall–Kier alpha value is -0.810. The Morgan fingerprint density at radius 1 is 1.48 bits per heavy atom. The summed E-state index contributed by atoms with van der Waals surface area (Å²) in [5.41, 5.74) is 2.37. The fourth-order valence-corrected chi connectivity index (χ4v) is 2.78. The minimum atomic E-state index is -0.128.